The minimum absolute atomic E-state index is 0.0293. The molecule has 19 atom stereocenters. The summed E-state index contributed by atoms with van der Waals surface area (Å²) in [5, 5.41) is 33.6. The lowest BCUT2D eigenvalue weighted by molar-refractivity contribution is -0.344. The summed E-state index contributed by atoms with van der Waals surface area (Å²) in [5.41, 5.74) is -1.49. The molecule has 3 N–H and O–H groups in total. The number of likely N-dealkylation sites (N-methyl/N-ethyl adjacent to an activating group) is 2. The van der Waals surface area contributed by atoms with E-state index in [4.69, 9.17) is 42.6 Å². The Balaban J connectivity index is 1.73. The number of methoxy groups -OCH3 is 1. The lowest BCUT2D eigenvalue weighted by atomic mass is 9.82. The quantitative estimate of drug-likeness (QED) is 0.191. The number of aliphatic hydroxyl groups excluding tert-OH is 2. The highest BCUT2D eigenvalue weighted by atomic mass is 16.7. The number of aliphatic hydroxyl groups is 3. The molecule has 3 fully saturated rings. The number of esters is 2. The molecule has 0 bridgehead atoms. The highest BCUT2D eigenvalue weighted by Crippen LogP contribution is 2.38. The van der Waals surface area contributed by atoms with Gasteiger partial charge in [0.25, 0.3) is 0 Å². The SMILES string of the molecule is CO[C@@H]1[C@@H](O[C@@H]2O[C@H](C)[C@@H](O[C@H]3C[C@@](C)(O)[C@@H](O)[C@H](C)O3)[C@H](N(C)C)[C@H]2O)[C@H](CC=O)C[C@@H](C)[C@@H](O[C@H]2CC[C@H](N(C)C)[C@@H](C)O2)C=CC=CC[C@@H](C)OC(=O)C[C@H]1OC(C)=O. The highest BCUT2D eigenvalue weighted by molar-refractivity contribution is 5.72. The van der Waals surface area contributed by atoms with E-state index >= 15 is 0 Å². The topological polar surface area (TPSA) is 201 Å². The summed E-state index contributed by atoms with van der Waals surface area (Å²) in [6.45, 7) is 12.0. The highest BCUT2D eigenvalue weighted by Gasteiger charge is 2.52. The number of allylic oxidation sites excluding steroid dienone is 2. The normalized spacial score (nSPS) is 43.0. The minimum atomic E-state index is -1.49. The van der Waals surface area contributed by atoms with Crippen LogP contribution in [0.4, 0.5) is 0 Å². The van der Waals surface area contributed by atoms with Gasteiger partial charge in [0.1, 0.15) is 42.9 Å². The zero-order chi connectivity index (χ0) is 46.1. The van der Waals surface area contributed by atoms with Crippen molar-refractivity contribution in [1.29, 1.82) is 0 Å². The largest absolute Gasteiger partial charge is 0.462 e. The van der Waals surface area contributed by atoms with E-state index in [1.54, 1.807) is 39.8 Å². The number of hydrogen-bond acceptors (Lipinski definition) is 17. The maximum absolute atomic E-state index is 13.4. The molecule has 4 aliphatic rings. The Labute approximate surface area is 368 Å². The molecule has 0 saturated carbocycles. The van der Waals surface area contributed by atoms with Gasteiger partial charge in [-0.2, -0.15) is 0 Å². The van der Waals surface area contributed by atoms with Crippen molar-refractivity contribution in [2.75, 3.05) is 35.3 Å². The fourth-order valence-electron chi connectivity index (χ4n) is 9.40. The maximum atomic E-state index is 13.4. The lowest BCUT2D eigenvalue weighted by Crippen LogP contribution is -2.65. The third-order valence-electron chi connectivity index (χ3n) is 12.7. The van der Waals surface area contributed by atoms with Crippen LogP contribution in [0.5, 0.6) is 0 Å². The Morgan fingerprint density at radius 3 is 2.19 bits per heavy atom. The molecule has 17 nitrogen and oxygen atoms in total. The van der Waals surface area contributed by atoms with E-state index in [1.807, 2.05) is 52.2 Å². The van der Waals surface area contributed by atoms with Gasteiger partial charge < -0.3 is 72.5 Å². The number of aldehydes is 1. The molecule has 0 aliphatic carbocycles. The van der Waals surface area contributed by atoms with Crippen molar-refractivity contribution < 1.29 is 72.3 Å². The van der Waals surface area contributed by atoms with Gasteiger partial charge in [-0.1, -0.05) is 31.2 Å². The Hall–Kier alpha value is -2.39. The molecule has 4 aliphatic heterocycles. The monoisotopic (exact) mass is 885 g/mol. The zero-order valence-corrected chi connectivity index (χ0v) is 38.9. The smallest absolute Gasteiger partial charge is 0.309 e. The summed E-state index contributed by atoms with van der Waals surface area (Å²) >= 11 is 0. The zero-order valence-electron chi connectivity index (χ0n) is 38.9. The third kappa shape index (κ3) is 14.1. The average Bonchev–Trinajstić information content (AvgIpc) is 3.16. The van der Waals surface area contributed by atoms with Crippen LogP contribution in [0.1, 0.15) is 93.4 Å². The molecule has 0 aromatic rings. The molecule has 0 spiro atoms. The van der Waals surface area contributed by atoms with E-state index in [0.717, 1.165) is 12.7 Å². The van der Waals surface area contributed by atoms with Crippen LogP contribution in [0.25, 0.3) is 0 Å². The van der Waals surface area contributed by atoms with E-state index in [-0.39, 0.29) is 37.3 Å². The Kier molecular flexibility index (Phi) is 20.0. The summed E-state index contributed by atoms with van der Waals surface area (Å²) < 4.78 is 56.3. The van der Waals surface area contributed by atoms with Crippen molar-refractivity contribution in [3.8, 4) is 0 Å². The summed E-state index contributed by atoms with van der Waals surface area (Å²) in [6, 6.07) is -0.509. The molecule has 3 saturated heterocycles. The molecular formula is C45H76N2O15. The standard InChI is InChI=1S/C45H76N2O15/c1-25-22-31(20-21-48)41(62-44-39(51)38(47(10)11)40(28(4)58-44)61-37-24-45(7,53)43(52)29(5)57-37)42(54-12)34(59-30(6)49)23-35(50)55-26(2)16-14-13-15-17-33(25)60-36-19-18-32(46(8)9)27(3)56-36/h13-15,17,21,25-29,31-34,36-44,51-53H,16,18-20,22-24H2,1-12H3/t25-,26-,27-,28-,29+,31-,32+,33+,34-,36+,37+,38-,39-,40-,41+,42+,43+,44+,45-/m1/s1. The summed E-state index contributed by atoms with van der Waals surface area (Å²) in [5.74, 6) is -2.21. The Bertz CT molecular complexity index is 1480. The second-order valence-electron chi connectivity index (χ2n) is 18.4. The van der Waals surface area contributed by atoms with Gasteiger partial charge in [0, 0.05) is 39.3 Å². The summed E-state index contributed by atoms with van der Waals surface area (Å²) in [6.07, 6.45) is -1.81. The van der Waals surface area contributed by atoms with Gasteiger partial charge in [-0.25, -0.2) is 0 Å². The van der Waals surface area contributed by atoms with Gasteiger partial charge in [-0.15, -0.1) is 0 Å². The average molecular weight is 885 g/mol. The molecule has 0 amide bonds. The molecule has 4 rings (SSSR count). The van der Waals surface area contributed by atoms with E-state index in [9.17, 15) is 29.7 Å². The van der Waals surface area contributed by atoms with Crippen molar-refractivity contribution in [1.82, 2.24) is 9.80 Å². The molecule has 356 valence electrons. The van der Waals surface area contributed by atoms with E-state index < -0.39 is 109 Å². The van der Waals surface area contributed by atoms with Crippen LogP contribution in [-0.2, 0) is 57.0 Å². The Morgan fingerprint density at radius 1 is 0.903 bits per heavy atom. The van der Waals surface area contributed by atoms with Gasteiger partial charge in [-0.05, 0) is 93.9 Å². The first kappa shape index (κ1) is 52.2. The number of carbonyl (C=O) groups excluding carboxylic acids is 3. The van der Waals surface area contributed by atoms with Crippen molar-refractivity contribution in [2.45, 2.75) is 197 Å². The first-order valence-corrected chi connectivity index (χ1v) is 22.2. The van der Waals surface area contributed by atoms with Crippen LogP contribution in [-0.4, -0.2) is 182 Å². The molecule has 4 heterocycles. The van der Waals surface area contributed by atoms with Gasteiger partial charge in [0.2, 0.25) is 0 Å². The van der Waals surface area contributed by atoms with Gasteiger partial charge in [0.05, 0.1) is 48.6 Å². The van der Waals surface area contributed by atoms with Crippen LogP contribution < -0.4 is 0 Å². The van der Waals surface area contributed by atoms with Crippen LogP contribution >= 0.6 is 0 Å². The van der Waals surface area contributed by atoms with Crippen molar-refractivity contribution in [3.05, 3.63) is 24.3 Å². The van der Waals surface area contributed by atoms with Crippen LogP contribution in [0.15, 0.2) is 24.3 Å². The van der Waals surface area contributed by atoms with Gasteiger partial charge in [0.15, 0.2) is 18.9 Å². The van der Waals surface area contributed by atoms with Crippen LogP contribution in [0, 0.1) is 11.8 Å². The Morgan fingerprint density at radius 2 is 1.60 bits per heavy atom. The van der Waals surface area contributed by atoms with Crippen molar-refractivity contribution in [3.63, 3.8) is 0 Å². The van der Waals surface area contributed by atoms with Gasteiger partial charge in [-0.3, -0.25) is 9.59 Å². The van der Waals surface area contributed by atoms with Gasteiger partial charge >= 0.3 is 11.9 Å². The number of nitrogens with zero attached hydrogens (tertiary/aromatic N) is 2. The minimum Gasteiger partial charge on any atom is -0.462 e. The van der Waals surface area contributed by atoms with Crippen LogP contribution in [0.3, 0.4) is 0 Å². The fourth-order valence-corrected chi connectivity index (χ4v) is 9.40. The molecule has 0 aromatic carbocycles. The molecular weight excluding hydrogens is 808 g/mol. The molecule has 17 heteroatoms. The predicted octanol–water partition coefficient (Wildman–Crippen LogP) is 2.90. The third-order valence-corrected chi connectivity index (χ3v) is 12.7. The number of rotatable bonds is 12. The second-order valence-corrected chi connectivity index (χ2v) is 18.4. The first-order chi connectivity index (χ1) is 29.2. The van der Waals surface area contributed by atoms with Crippen LogP contribution in [0.2, 0.25) is 0 Å². The summed E-state index contributed by atoms with van der Waals surface area (Å²) in [7, 11) is 9.02. The van der Waals surface area contributed by atoms with Crippen molar-refractivity contribution >= 4 is 18.2 Å². The van der Waals surface area contributed by atoms with E-state index in [2.05, 4.69) is 4.90 Å². The molecule has 0 unspecified atom stereocenters. The van der Waals surface area contributed by atoms with E-state index in [1.165, 1.54) is 21.0 Å². The number of cyclic esters (lactones) is 1. The first-order valence-electron chi connectivity index (χ1n) is 22.2. The lowest BCUT2D eigenvalue weighted by Gasteiger charge is -2.50. The molecule has 62 heavy (non-hydrogen) atoms. The number of hydrogen-bond donors (Lipinski definition) is 3. The van der Waals surface area contributed by atoms with Crippen molar-refractivity contribution in [2.24, 2.45) is 11.8 Å². The maximum Gasteiger partial charge on any atom is 0.309 e. The molecule has 0 radical (unpaired) electrons. The second kappa shape index (κ2) is 23.7. The summed E-state index contributed by atoms with van der Waals surface area (Å²) in [4.78, 5) is 42.7. The fraction of sp³-hybridized carbons (Fsp3) is 0.844. The molecule has 0 aromatic heterocycles. The number of ether oxygens (including phenoxy) is 9. The predicted molar refractivity (Wildman–Crippen MR) is 226 cm³/mol. The number of carbonyl (C=O) groups is 3. The van der Waals surface area contributed by atoms with E-state index in [0.29, 0.717) is 19.3 Å².